The molecule has 1 heterocycles. The van der Waals surface area contributed by atoms with E-state index < -0.39 is 0 Å². The molecule has 3 N–H and O–H groups in total. The second kappa shape index (κ2) is 4.07. The van der Waals surface area contributed by atoms with Crippen LogP contribution in [0.4, 0.5) is 0 Å². The zero-order valence-electron chi connectivity index (χ0n) is 8.99. The lowest BCUT2D eigenvalue weighted by Crippen LogP contribution is -2.38. The molecule has 0 amide bonds. The maximum atomic E-state index is 8.96. The third-order valence-corrected chi connectivity index (χ3v) is 2.80. The van der Waals surface area contributed by atoms with Gasteiger partial charge in [0, 0.05) is 11.7 Å². The molecular formula is C11H18N2O. The first-order valence-corrected chi connectivity index (χ1v) is 4.83. The van der Waals surface area contributed by atoms with Crippen molar-refractivity contribution in [2.75, 3.05) is 0 Å². The number of aliphatic hydroxyl groups is 1. The second-order valence-corrected chi connectivity index (χ2v) is 4.13. The van der Waals surface area contributed by atoms with Crippen molar-refractivity contribution in [2.24, 2.45) is 11.7 Å². The van der Waals surface area contributed by atoms with Gasteiger partial charge in [-0.3, -0.25) is 4.98 Å². The van der Waals surface area contributed by atoms with Gasteiger partial charge in [-0.2, -0.15) is 0 Å². The Morgan fingerprint density at radius 2 is 2.21 bits per heavy atom. The van der Waals surface area contributed by atoms with E-state index in [-0.39, 0.29) is 12.1 Å². The SMILES string of the molecule is CC(C)C(C)(N)c1ccnc(CO)c1. The van der Waals surface area contributed by atoms with Crippen LogP contribution >= 0.6 is 0 Å². The third kappa shape index (κ3) is 2.11. The minimum absolute atomic E-state index is 0.0397. The van der Waals surface area contributed by atoms with Crippen molar-refractivity contribution in [3.05, 3.63) is 29.6 Å². The molecule has 0 spiro atoms. The lowest BCUT2D eigenvalue weighted by molar-refractivity contribution is 0.275. The summed E-state index contributed by atoms with van der Waals surface area (Å²) in [4.78, 5) is 4.03. The summed E-state index contributed by atoms with van der Waals surface area (Å²) in [6.07, 6.45) is 1.69. The number of hydrogen-bond donors (Lipinski definition) is 2. The summed E-state index contributed by atoms with van der Waals surface area (Å²) in [5.41, 5.74) is 7.51. The molecule has 0 aliphatic heterocycles. The van der Waals surface area contributed by atoms with Gasteiger partial charge in [0.05, 0.1) is 12.3 Å². The highest BCUT2D eigenvalue weighted by Crippen LogP contribution is 2.25. The van der Waals surface area contributed by atoms with Crippen LogP contribution in [-0.4, -0.2) is 10.1 Å². The van der Waals surface area contributed by atoms with Crippen LogP contribution in [0.1, 0.15) is 32.0 Å². The second-order valence-electron chi connectivity index (χ2n) is 4.13. The quantitative estimate of drug-likeness (QED) is 0.764. The maximum absolute atomic E-state index is 8.96. The Balaban J connectivity index is 3.06. The van der Waals surface area contributed by atoms with Crippen LogP contribution in [0.15, 0.2) is 18.3 Å². The van der Waals surface area contributed by atoms with Crippen molar-refractivity contribution < 1.29 is 5.11 Å². The first kappa shape index (κ1) is 11.1. The van der Waals surface area contributed by atoms with E-state index in [0.29, 0.717) is 11.6 Å². The molecule has 14 heavy (non-hydrogen) atoms. The van der Waals surface area contributed by atoms with E-state index in [1.807, 2.05) is 19.1 Å². The van der Waals surface area contributed by atoms with Gasteiger partial charge < -0.3 is 10.8 Å². The molecule has 0 aliphatic rings. The zero-order chi connectivity index (χ0) is 10.8. The Morgan fingerprint density at radius 3 is 2.71 bits per heavy atom. The summed E-state index contributed by atoms with van der Waals surface area (Å²) in [5.74, 6) is 0.344. The molecule has 1 unspecified atom stereocenters. The molecule has 0 radical (unpaired) electrons. The highest BCUT2D eigenvalue weighted by Gasteiger charge is 2.25. The van der Waals surface area contributed by atoms with Gasteiger partial charge in [0.15, 0.2) is 0 Å². The fourth-order valence-electron chi connectivity index (χ4n) is 1.23. The monoisotopic (exact) mass is 194 g/mol. The molecule has 0 aliphatic carbocycles. The van der Waals surface area contributed by atoms with Gasteiger partial charge in [0.2, 0.25) is 0 Å². The van der Waals surface area contributed by atoms with Crippen LogP contribution < -0.4 is 5.73 Å². The molecule has 1 rings (SSSR count). The Bertz CT molecular complexity index is 308. The average Bonchev–Trinajstić information content (AvgIpc) is 2.17. The normalized spacial score (nSPS) is 15.6. The summed E-state index contributed by atoms with van der Waals surface area (Å²) in [5, 5.41) is 8.96. The van der Waals surface area contributed by atoms with Crippen LogP contribution in [0.3, 0.4) is 0 Å². The third-order valence-electron chi connectivity index (χ3n) is 2.80. The topological polar surface area (TPSA) is 59.1 Å². The standard InChI is InChI=1S/C11H18N2O/c1-8(2)11(3,12)9-4-5-13-10(6-9)7-14/h4-6,8,14H,7,12H2,1-3H3. The molecule has 0 aromatic carbocycles. The van der Waals surface area contributed by atoms with E-state index in [2.05, 4.69) is 18.8 Å². The minimum atomic E-state index is -0.368. The first-order chi connectivity index (χ1) is 6.48. The molecule has 78 valence electrons. The highest BCUT2D eigenvalue weighted by molar-refractivity contribution is 5.24. The number of rotatable bonds is 3. The van der Waals surface area contributed by atoms with Crippen molar-refractivity contribution in [1.82, 2.24) is 4.98 Å². The van der Waals surface area contributed by atoms with Crippen LogP contribution in [0.2, 0.25) is 0 Å². The van der Waals surface area contributed by atoms with Crippen molar-refractivity contribution in [3.8, 4) is 0 Å². The van der Waals surface area contributed by atoms with Crippen molar-refractivity contribution in [2.45, 2.75) is 32.9 Å². The van der Waals surface area contributed by atoms with Crippen LogP contribution in [0.25, 0.3) is 0 Å². The van der Waals surface area contributed by atoms with Crippen LogP contribution in [0.5, 0.6) is 0 Å². The smallest absolute Gasteiger partial charge is 0.0853 e. The van der Waals surface area contributed by atoms with E-state index >= 15 is 0 Å². The number of hydrogen-bond acceptors (Lipinski definition) is 3. The number of aliphatic hydroxyl groups excluding tert-OH is 1. The molecule has 0 fully saturated rings. The van der Waals surface area contributed by atoms with E-state index in [1.165, 1.54) is 0 Å². The molecule has 3 heteroatoms. The van der Waals surface area contributed by atoms with Crippen molar-refractivity contribution in [1.29, 1.82) is 0 Å². The molecule has 0 saturated heterocycles. The van der Waals surface area contributed by atoms with Gasteiger partial charge in [-0.05, 0) is 30.5 Å². The number of nitrogens with two attached hydrogens (primary N) is 1. The summed E-state index contributed by atoms with van der Waals surface area (Å²) >= 11 is 0. The van der Waals surface area contributed by atoms with Gasteiger partial charge in [0.25, 0.3) is 0 Å². The van der Waals surface area contributed by atoms with E-state index in [1.54, 1.807) is 6.20 Å². The highest BCUT2D eigenvalue weighted by atomic mass is 16.3. The van der Waals surface area contributed by atoms with Gasteiger partial charge in [-0.25, -0.2) is 0 Å². The molecular weight excluding hydrogens is 176 g/mol. The largest absolute Gasteiger partial charge is 0.390 e. The molecule has 0 saturated carbocycles. The predicted octanol–water partition coefficient (Wildman–Crippen LogP) is 1.40. The Labute approximate surface area is 85.0 Å². The van der Waals surface area contributed by atoms with Crippen molar-refractivity contribution in [3.63, 3.8) is 0 Å². The van der Waals surface area contributed by atoms with Gasteiger partial charge >= 0.3 is 0 Å². The predicted molar refractivity (Wildman–Crippen MR) is 56.5 cm³/mol. The lowest BCUT2D eigenvalue weighted by atomic mass is 9.83. The molecule has 3 nitrogen and oxygen atoms in total. The maximum Gasteiger partial charge on any atom is 0.0853 e. The minimum Gasteiger partial charge on any atom is -0.390 e. The van der Waals surface area contributed by atoms with Crippen LogP contribution in [-0.2, 0) is 12.1 Å². The summed E-state index contributed by atoms with van der Waals surface area (Å²) in [6, 6.07) is 3.76. The Hall–Kier alpha value is -0.930. The fraction of sp³-hybridized carbons (Fsp3) is 0.545. The van der Waals surface area contributed by atoms with Gasteiger partial charge in [-0.15, -0.1) is 0 Å². The summed E-state index contributed by atoms with van der Waals surface area (Å²) in [6.45, 7) is 6.12. The average molecular weight is 194 g/mol. The van der Waals surface area contributed by atoms with Gasteiger partial charge in [-0.1, -0.05) is 13.8 Å². The summed E-state index contributed by atoms with van der Waals surface area (Å²) < 4.78 is 0. The first-order valence-electron chi connectivity index (χ1n) is 4.83. The van der Waals surface area contributed by atoms with E-state index in [4.69, 9.17) is 10.8 Å². The number of nitrogens with zero attached hydrogens (tertiary/aromatic N) is 1. The molecule has 0 bridgehead atoms. The fourth-order valence-corrected chi connectivity index (χ4v) is 1.23. The van der Waals surface area contributed by atoms with Gasteiger partial charge in [0.1, 0.15) is 0 Å². The molecule has 1 aromatic heterocycles. The Kier molecular flexibility index (Phi) is 3.24. The van der Waals surface area contributed by atoms with E-state index in [9.17, 15) is 0 Å². The summed E-state index contributed by atoms with van der Waals surface area (Å²) in [7, 11) is 0. The zero-order valence-corrected chi connectivity index (χ0v) is 8.99. The number of pyridine rings is 1. The number of aromatic nitrogens is 1. The Morgan fingerprint density at radius 1 is 1.57 bits per heavy atom. The lowest BCUT2D eigenvalue weighted by Gasteiger charge is -2.29. The van der Waals surface area contributed by atoms with Crippen LogP contribution in [0, 0.1) is 5.92 Å². The molecule has 1 aromatic rings. The molecule has 1 atom stereocenters. The van der Waals surface area contributed by atoms with E-state index in [0.717, 1.165) is 5.56 Å². The van der Waals surface area contributed by atoms with Crippen molar-refractivity contribution >= 4 is 0 Å².